The van der Waals surface area contributed by atoms with Crippen LogP contribution in [0.1, 0.15) is 6.92 Å². The summed E-state index contributed by atoms with van der Waals surface area (Å²) in [6, 6.07) is -0.753. The van der Waals surface area contributed by atoms with Crippen molar-refractivity contribution in [1.29, 1.82) is 0 Å². The molecule has 0 bridgehead atoms. The van der Waals surface area contributed by atoms with E-state index < -0.39 is 36.6 Å². The van der Waals surface area contributed by atoms with Crippen LogP contribution >= 0.6 is 31.6 Å². The van der Waals surface area contributed by atoms with E-state index in [4.69, 9.17) is 10.6 Å². The maximum atomic E-state index is 12.1. The number of nitrogens with zero attached hydrogens (tertiary/aromatic N) is 5. The Hall–Kier alpha value is -1.73. The number of carbonyl (C=O) groups excluding carboxylic acids is 1. The van der Waals surface area contributed by atoms with Crippen LogP contribution in [0.15, 0.2) is 16.4 Å². The van der Waals surface area contributed by atoms with Crippen molar-refractivity contribution in [3.8, 4) is 0 Å². The molecule has 4 atom stereocenters. The van der Waals surface area contributed by atoms with E-state index in [9.17, 15) is 24.2 Å². The normalized spacial score (nSPS) is 23.6. The Balaban J connectivity index is 1.97. The summed E-state index contributed by atoms with van der Waals surface area (Å²) >= 11 is 2.32. The molecule has 0 aromatic carbocycles. The summed E-state index contributed by atoms with van der Waals surface area (Å²) in [7, 11) is -2.58. The van der Waals surface area contributed by atoms with E-state index in [1.165, 1.54) is 11.8 Å². The first kappa shape index (κ1) is 20.0. The zero-order valence-electron chi connectivity index (χ0n) is 14.0. The van der Waals surface area contributed by atoms with Gasteiger partial charge in [0.2, 0.25) is 11.1 Å². The van der Waals surface area contributed by atoms with Gasteiger partial charge in [-0.25, -0.2) is 4.79 Å². The lowest BCUT2D eigenvalue weighted by atomic mass is 10.0. The summed E-state index contributed by atoms with van der Waals surface area (Å²) in [6.45, 7) is 2.03. The Bertz CT molecular complexity index is 818. The number of aliphatic carboxylic acids is 1. The third-order valence-corrected chi connectivity index (χ3v) is 7.30. The number of carbonyl (C=O) groups is 2. The van der Waals surface area contributed by atoms with Crippen LogP contribution in [0.5, 0.6) is 0 Å². The molecule has 0 aliphatic carbocycles. The van der Waals surface area contributed by atoms with Crippen LogP contribution in [0.4, 0.5) is 0 Å². The van der Waals surface area contributed by atoms with Gasteiger partial charge in [0.05, 0.1) is 5.25 Å². The number of amides is 1. The van der Waals surface area contributed by atoms with Crippen LogP contribution in [-0.2, 0) is 14.2 Å². The molecule has 3 rings (SSSR count). The number of tetrazole rings is 1. The van der Waals surface area contributed by atoms with Crippen LogP contribution < -0.4 is 10.6 Å². The molecule has 15 heteroatoms. The molecule has 1 amide bonds. The number of aromatic nitrogens is 4. The van der Waals surface area contributed by atoms with Crippen LogP contribution in [-0.4, -0.2) is 82.3 Å². The topological polar surface area (TPSA) is 174 Å². The van der Waals surface area contributed by atoms with Gasteiger partial charge in [0.25, 0.3) is 0 Å². The van der Waals surface area contributed by atoms with Crippen LogP contribution in [0.25, 0.3) is 0 Å². The predicted molar refractivity (Wildman–Crippen MR) is 95.0 cm³/mol. The van der Waals surface area contributed by atoms with Crippen LogP contribution in [0, 0.1) is 0 Å². The van der Waals surface area contributed by atoms with Gasteiger partial charge >= 0.3 is 14.0 Å². The number of nitrogens with two attached hydrogens (primary N) is 1. The molecule has 3 heterocycles. The van der Waals surface area contributed by atoms with Gasteiger partial charge in [0.15, 0.2) is 6.16 Å². The molecule has 4 N–H and O–H groups in total. The third kappa shape index (κ3) is 3.80. The molecule has 146 valence electrons. The van der Waals surface area contributed by atoms with E-state index in [2.05, 4.69) is 15.5 Å². The lowest BCUT2D eigenvalue weighted by Crippen LogP contribution is -2.68. The molecular formula is C12H16N6O6PS2+. The molecule has 1 saturated heterocycles. The van der Waals surface area contributed by atoms with Gasteiger partial charge in [0, 0.05) is 5.75 Å². The molecular weight excluding hydrogens is 419 g/mol. The summed E-state index contributed by atoms with van der Waals surface area (Å²) in [5.74, 6) is -1.53. The monoisotopic (exact) mass is 435 g/mol. The zero-order valence-corrected chi connectivity index (χ0v) is 16.5. The Morgan fingerprint density at radius 3 is 2.96 bits per heavy atom. The molecule has 1 aromatic rings. The number of β-lactam (4-membered cyclic amide) rings is 1. The molecule has 1 fully saturated rings. The average Bonchev–Trinajstić information content (AvgIpc) is 3.06. The Morgan fingerprint density at radius 2 is 2.33 bits per heavy atom. The number of rotatable bonds is 8. The van der Waals surface area contributed by atoms with E-state index in [1.54, 1.807) is 6.92 Å². The van der Waals surface area contributed by atoms with E-state index in [0.29, 0.717) is 5.57 Å². The zero-order chi connectivity index (χ0) is 19.7. The predicted octanol–water partition coefficient (Wildman–Crippen LogP) is -1.10. The minimum absolute atomic E-state index is 0.199. The number of thioether (sulfide) groups is 2. The van der Waals surface area contributed by atoms with Crippen molar-refractivity contribution >= 4 is 43.4 Å². The average molecular weight is 435 g/mol. The summed E-state index contributed by atoms with van der Waals surface area (Å²) < 4.78 is 11.5. The highest BCUT2D eigenvalue weighted by molar-refractivity contribution is 8.01. The minimum Gasteiger partial charge on any atom is -0.477 e. The van der Waals surface area contributed by atoms with Crippen molar-refractivity contribution in [3.63, 3.8) is 0 Å². The fourth-order valence-corrected chi connectivity index (χ4v) is 6.23. The molecule has 2 aliphatic heterocycles. The van der Waals surface area contributed by atoms with Crippen molar-refractivity contribution in [3.05, 3.63) is 11.3 Å². The first-order valence-corrected chi connectivity index (χ1v) is 11.1. The second kappa shape index (κ2) is 8.10. The first-order chi connectivity index (χ1) is 12.8. The fraction of sp³-hybridized carbons (Fsp3) is 0.583. The molecule has 3 unspecified atom stereocenters. The lowest BCUT2D eigenvalue weighted by Gasteiger charge is -2.48. The van der Waals surface area contributed by atoms with Crippen LogP contribution in [0.2, 0.25) is 0 Å². The molecule has 0 radical (unpaired) electrons. The maximum absolute atomic E-state index is 12.1. The molecule has 27 heavy (non-hydrogen) atoms. The first-order valence-electron chi connectivity index (χ1n) is 7.73. The van der Waals surface area contributed by atoms with Gasteiger partial charge in [-0.15, -0.1) is 11.8 Å². The van der Waals surface area contributed by atoms with Gasteiger partial charge in [-0.1, -0.05) is 21.7 Å². The second-order valence-corrected chi connectivity index (χ2v) is 8.85. The van der Waals surface area contributed by atoms with Gasteiger partial charge in [-0.2, -0.15) is 4.89 Å². The largest absolute Gasteiger partial charge is 0.506 e. The summed E-state index contributed by atoms with van der Waals surface area (Å²) in [4.78, 5) is 40.8. The highest BCUT2D eigenvalue weighted by Gasteiger charge is 2.53. The number of carboxylic acid groups (broad SMARTS) is 1. The van der Waals surface area contributed by atoms with E-state index in [-0.39, 0.29) is 29.4 Å². The molecule has 2 aliphatic rings. The fourth-order valence-electron chi connectivity index (χ4n) is 2.72. The van der Waals surface area contributed by atoms with E-state index >= 15 is 0 Å². The molecule has 0 spiro atoms. The SMILES string of the molecule is CCOn1nnnc1SC(C[P+](=O)O)C1=C(C(=O)O)N2C(=O)C(N)[C@H]2SC1. The van der Waals surface area contributed by atoms with Gasteiger partial charge < -0.3 is 15.7 Å². The number of carboxylic acids is 1. The van der Waals surface area contributed by atoms with Crippen molar-refractivity contribution in [2.45, 2.75) is 28.7 Å². The minimum atomic E-state index is -2.58. The third-order valence-electron chi connectivity index (χ3n) is 3.87. The van der Waals surface area contributed by atoms with E-state index in [0.717, 1.165) is 21.5 Å². The van der Waals surface area contributed by atoms with Gasteiger partial charge in [0.1, 0.15) is 23.7 Å². The van der Waals surface area contributed by atoms with Crippen molar-refractivity contribution in [2.24, 2.45) is 5.73 Å². The maximum Gasteiger partial charge on any atom is 0.506 e. The van der Waals surface area contributed by atoms with Crippen LogP contribution in [0.3, 0.4) is 0 Å². The summed E-state index contributed by atoms with van der Waals surface area (Å²) in [5, 5.41) is 19.6. The molecule has 1 aromatic heterocycles. The number of hydrogen-bond acceptors (Lipinski definition) is 10. The summed E-state index contributed by atoms with van der Waals surface area (Å²) in [5.41, 5.74) is 5.88. The molecule has 0 saturated carbocycles. The van der Waals surface area contributed by atoms with Crippen molar-refractivity contribution in [2.75, 3.05) is 18.5 Å². The standard InChI is InChI=1S/C12H15N6O6PS2/c1-2-24-18-12(14-15-16-18)27-6(3-25(22)23)5-4-26-10-7(13)9(19)17(10)8(5)11(20)21/h6-7,10H,2-4,13H2,1H3,(H-,20,21,22,23)/p+1/t6?,7?,10-/m1/s1. The van der Waals surface area contributed by atoms with Gasteiger partial charge in [-0.3, -0.25) is 9.69 Å². The lowest BCUT2D eigenvalue weighted by molar-refractivity contribution is -0.148. The van der Waals surface area contributed by atoms with Crippen molar-refractivity contribution < 1.29 is 29.0 Å². The smallest absolute Gasteiger partial charge is 0.477 e. The highest BCUT2D eigenvalue weighted by atomic mass is 32.2. The quantitative estimate of drug-likeness (QED) is 0.256. The Morgan fingerprint density at radius 1 is 1.59 bits per heavy atom. The second-order valence-electron chi connectivity index (χ2n) is 5.51. The number of hydrogen-bond donors (Lipinski definition) is 3. The number of fused-ring (bicyclic) bond motifs is 1. The summed E-state index contributed by atoms with van der Waals surface area (Å²) in [6.07, 6.45) is -0.232. The van der Waals surface area contributed by atoms with Crippen molar-refractivity contribution in [1.82, 2.24) is 25.3 Å². The Labute approximate surface area is 162 Å². The molecule has 12 nitrogen and oxygen atoms in total. The van der Waals surface area contributed by atoms with Gasteiger partial charge in [-0.05, 0) is 27.5 Å². The van der Waals surface area contributed by atoms with E-state index in [1.807, 2.05) is 0 Å². The highest BCUT2D eigenvalue weighted by Crippen LogP contribution is 2.44. The Kier molecular flexibility index (Phi) is 6.01.